The lowest BCUT2D eigenvalue weighted by Gasteiger charge is -2.23. The van der Waals surface area contributed by atoms with E-state index in [1.165, 1.54) is 0 Å². The first-order valence-corrected chi connectivity index (χ1v) is 6.72. The first-order valence-electron chi connectivity index (χ1n) is 6.72. The fourth-order valence-corrected chi connectivity index (χ4v) is 3.02. The molecular formula is C16H17NO2. The molecule has 1 aromatic carbocycles. The largest absolute Gasteiger partial charge is 0.478 e. The average molecular weight is 255 g/mol. The fraction of sp³-hybridized carbons (Fsp3) is 0.375. The Labute approximate surface area is 112 Å². The third kappa shape index (κ3) is 1.89. The van der Waals surface area contributed by atoms with Crippen LogP contribution < -0.4 is 0 Å². The molecule has 3 heteroatoms. The van der Waals surface area contributed by atoms with E-state index in [0.717, 1.165) is 47.0 Å². The summed E-state index contributed by atoms with van der Waals surface area (Å²) >= 11 is 0. The molecule has 1 atom stereocenters. The lowest BCUT2D eigenvalue weighted by Crippen LogP contribution is -2.18. The Hall–Kier alpha value is -1.90. The molecule has 0 fully saturated rings. The highest BCUT2D eigenvalue weighted by Gasteiger charge is 2.25. The summed E-state index contributed by atoms with van der Waals surface area (Å²) in [5.41, 5.74) is 4.28. The number of aromatic carboxylic acids is 1. The van der Waals surface area contributed by atoms with Gasteiger partial charge in [-0.25, -0.2) is 4.79 Å². The molecule has 1 aromatic heterocycles. The standard InChI is InChI=1S/C16H17NO2/c1-9-6-7-13-12(8-9)14(16(18)19)11-5-3-4-10(2)15(11)17-13/h3-5,9H,6-8H2,1-2H3,(H,18,19). The number of carboxylic acids is 1. The van der Waals surface area contributed by atoms with E-state index in [-0.39, 0.29) is 0 Å². The Morgan fingerprint density at radius 2 is 2.21 bits per heavy atom. The van der Waals surface area contributed by atoms with Crippen LogP contribution in [0.1, 0.15) is 40.5 Å². The second kappa shape index (κ2) is 4.34. The highest BCUT2D eigenvalue weighted by Crippen LogP contribution is 2.32. The minimum atomic E-state index is -0.830. The van der Waals surface area contributed by atoms with E-state index in [2.05, 4.69) is 6.92 Å². The number of aryl methyl sites for hydroxylation is 2. The van der Waals surface area contributed by atoms with E-state index >= 15 is 0 Å². The first kappa shape index (κ1) is 12.2. The number of aromatic nitrogens is 1. The van der Waals surface area contributed by atoms with Gasteiger partial charge in [0, 0.05) is 11.1 Å². The van der Waals surface area contributed by atoms with Crippen molar-refractivity contribution in [3.8, 4) is 0 Å². The Morgan fingerprint density at radius 3 is 2.95 bits per heavy atom. The van der Waals surface area contributed by atoms with E-state index in [9.17, 15) is 9.90 Å². The van der Waals surface area contributed by atoms with Crippen LogP contribution in [0.3, 0.4) is 0 Å². The predicted octanol–water partition coefficient (Wildman–Crippen LogP) is 3.37. The summed E-state index contributed by atoms with van der Waals surface area (Å²) in [6, 6.07) is 5.77. The Bertz CT molecular complexity index is 676. The summed E-state index contributed by atoms with van der Waals surface area (Å²) in [5.74, 6) is -0.294. The van der Waals surface area contributed by atoms with Gasteiger partial charge in [0.15, 0.2) is 0 Å². The maximum atomic E-state index is 11.7. The molecule has 2 aromatic rings. The van der Waals surface area contributed by atoms with Crippen molar-refractivity contribution in [3.05, 3.63) is 40.6 Å². The average Bonchev–Trinajstić information content (AvgIpc) is 2.36. The molecule has 0 radical (unpaired) electrons. The van der Waals surface area contributed by atoms with Crippen molar-refractivity contribution in [2.75, 3.05) is 0 Å². The molecule has 0 bridgehead atoms. The SMILES string of the molecule is Cc1cccc2c(C(=O)O)c3c(nc12)CCC(C)C3. The van der Waals surface area contributed by atoms with E-state index in [1.54, 1.807) is 0 Å². The van der Waals surface area contributed by atoms with Gasteiger partial charge in [0.25, 0.3) is 0 Å². The van der Waals surface area contributed by atoms with Crippen LogP contribution in [0.4, 0.5) is 0 Å². The Balaban J connectivity index is 2.40. The molecule has 1 N–H and O–H groups in total. The molecule has 1 aliphatic rings. The van der Waals surface area contributed by atoms with Crippen LogP contribution in [0.2, 0.25) is 0 Å². The molecule has 1 unspecified atom stereocenters. The Kier molecular flexibility index (Phi) is 2.77. The molecule has 0 saturated carbocycles. The number of benzene rings is 1. The normalized spacial score (nSPS) is 18.3. The number of carboxylic acid groups (broad SMARTS) is 1. The quantitative estimate of drug-likeness (QED) is 0.850. The van der Waals surface area contributed by atoms with Gasteiger partial charge in [-0.15, -0.1) is 0 Å². The van der Waals surface area contributed by atoms with Crippen molar-refractivity contribution < 1.29 is 9.90 Å². The molecule has 3 rings (SSSR count). The molecular weight excluding hydrogens is 238 g/mol. The van der Waals surface area contributed by atoms with Gasteiger partial charge in [-0.1, -0.05) is 25.1 Å². The van der Waals surface area contributed by atoms with Gasteiger partial charge in [0.2, 0.25) is 0 Å². The van der Waals surface area contributed by atoms with E-state index in [0.29, 0.717) is 11.5 Å². The van der Waals surface area contributed by atoms with Crippen LogP contribution in [0.15, 0.2) is 18.2 Å². The summed E-state index contributed by atoms with van der Waals surface area (Å²) < 4.78 is 0. The van der Waals surface area contributed by atoms with E-state index in [1.807, 2.05) is 25.1 Å². The Morgan fingerprint density at radius 1 is 1.42 bits per heavy atom. The van der Waals surface area contributed by atoms with Gasteiger partial charge in [0.1, 0.15) is 0 Å². The summed E-state index contributed by atoms with van der Waals surface area (Å²) in [7, 11) is 0. The van der Waals surface area contributed by atoms with Gasteiger partial charge in [-0.2, -0.15) is 0 Å². The predicted molar refractivity (Wildman–Crippen MR) is 74.6 cm³/mol. The molecule has 1 aliphatic carbocycles. The minimum absolute atomic E-state index is 0.468. The van der Waals surface area contributed by atoms with Crippen LogP contribution in [0.25, 0.3) is 10.9 Å². The summed E-state index contributed by atoms with van der Waals surface area (Å²) in [6.07, 6.45) is 2.81. The number of hydrogen-bond donors (Lipinski definition) is 1. The molecule has 0 saturated heterocycles. The minimum Gasteiger partial charge on any atom is -0.478 e. The van der Waals surface area contributed by atoms with Crippen molar-refractivity contribution in [3.63, 3.8) is 0 Å². The van der Waals surface area contributed by atoms with Crippen molar-refractivity contribution in [1.82, 2.24) is 4.98 Å². The van der Waals surface area contributed by atoms with Crippen LogP contribution in [0, 0.1) is 12.8 Å². The summed E-state index contributed by atoms with van der Waals surface area (Å²) in [5, 5.41) is 10.4. The zero-order valence-corrected chi connectivity index (χ0v) is 11.2. The van der Waals surface area contributed by atoms with Crippen molar-refractivity contribution in [1.29, 1.82) is 0 Å². The molecule has 0 spiro atoms. The number of para-hydroxylation sites is 1. The van der Waals surface area contributed by atoms with E-state index < -0.39 is 5.97 Å². The highest BCUT2D eigenvalue weighted by atomic mass is 16.4. The lowest BCUT2D eigenvalue weighted by molar-refractivity contribution is 0.0697. The maximum absolute atomic E-state index is 11.7. The smallest absolute Gasteiger partial charge is 0.336 e. The summed E-state index contributed by atoms with van der Waals surface area (Å²) in [6.45, 7) is 4.16. The molecule has 19 heavy (non-hydrogen) atoms. The number of rotatable bonds is 1. The van der Waals surface area contributed by atoms with Gasteiger partial charge in [0.05, 0.1) is 11.1 Å². The van der Waals surface area contributed by atoms with Gasteiger partial charge >= 0.3 is 5.97 Å². The zero-order valence-electron chi connectivity index (χ0n) is 11.2. The summed E-state index contributed by atoms with van der Waals surface area (Å²) in [4.78, 5) is 16.4. The maximum Gasteiger partial charge on any atom is 0.336 e. The number of nitrogens with zero attached hydrogens (tertiary/aromatic N) is 1. The van der Waals surface area contributed by atoms with E-state index in [4.69, 9.17) is 4.98 Å². The number of hydrogen-bond acceptors (Lipinski definition) is 2. The first-order chi connectivity index (χ1) is 9.08. The third-order valence-electron chi connectivity index (χ3n) is 4.04. The number of carbonyl (C=O) groups is 1. The second-order valence-corrected chi connectivity index (χ2v) is 5.54. The van der Waals surface area contributed by atoms with Crippen LogP contribution in [-0.2, 0) is 12.8 Å². The van der Waals surface area contributed by atoms with Gasteiger partial charge < -0.3 is 5.11 Å². The molecule has 3 nitrogen and oxygen atoms in total. The third-order valence-corrected chi connectivity index (χ3v) is 4.04. The van der Waals surface area contributed by atoms with Crippen LogP contribution in [-0.4, -0.2) is 16.1 Å². The number of fused-ring (bicyclic) bond motifs is 2. The molecule has 98 valence electrons. The van der Waals surface area contributed by atoms with Crippen molar-refractivity contribution in [2.45, 2.75) is 33.1 Å². The zero-order chi connectivity index (χ0) is 13.6. The molecule has 1 heterocycles. The molecule has 0 amide bonds. The number of pyridine rings is 1. The van der Waals surface area contributed by atoms with Crippen LogP contribution in [0.5, 0.6) is 0 Å². The van der Waals surface area contributed by atoms with Gasteiger partial charge in [-0.05, 0) is 43.2 Å². The highest BCUT2D eigenvalue weighted by molar-refractivity contribution is 6.04. The molecule has 0 aliphatic heterocycles. The monoisotopic (exact) mass is 255 g/mol. The second-order valence-electron chi connectivity index (χ2n) is 5.54. The van der Waals surface area contributed by atoms with Crippen LogP contribution >= 0.6 is 0 Å². The fourth-order valence-electron chi connectivity index (χ4n) is 3.02. The lowest BCUT2D eigenvalue weighted by atomic mass is 9.84. The topological polar surface area (TPSA) is 50.2 Å². The van der Waals surface area contributed by atoms with Gasteiger partial charge in [-0.3, -0.25) is 4.98 Å². The van der Waals surface area contributed by atoms with Crippen molar-refractivity contribution >= 4 is 16.9 Å². The van der Waals surface area contributed by atoms with Crippen molar-refractivity contribution in [2.24, 2.45) is 5.92 Å².